The average molecular weight is 209 g/mol. The van der Waals surface area contributed by atoms with Crippen LogP contribution in [0.15, 0.2) is 12.4 Å². The number of hydrogen-bond donors (Lipinski definition) is 1. The molecule has 4 heteroatoms. The van der Waals surface area contributed by atoms with Crippen LogP contribution in [-0.2, 0) is 0 Å². The van der Waals surface area contributed by atoms with Gasteiger partial charge in [-0.25, -0.2) is 0 Å². The first kappa shape index (κ1) is 8.68. The molecular weight excluding hydrogens is 194 g/mol. The first-order valence-electron chi connectivity index (χ1n) is 5.36. The van der Waals surface area contributed by atoms with Crippen molar-refractivity contribution in [1.29, 1.82) is 0 Å². The van der Waals surface area contributed by atoms with Crippen molar-refractivity contribution >= 4 is 12.2 Å². The van der Waals surface area contributed by atoms with Crippen molar-refractivity contribution in [3.05, 3.63) is 17.2 Å². The van der Waals surface area contributed by atoms with Crippen molar-refractivity contribution in [3.8, 4) is 0 Å². The van der Waals surface area contributed by atoms with Crippen molar-refractivity contribution in [2.45, 2.75) is 31.3 Å². The van der Waals surface area contributed by atoms with E-state index in [0.717, 1.165) is 10.8 Å². The van der Waals surface area contributed by atoms with Gasteiger partial charge in [-0.3, -0.25) is 4.90 Å². The summed E-state index contributed by atoms with van der Waals surface area (Å²) in [5.41, 5.74) is 0. The zero-order valence-corrected chi connectivity index (χ0v) is 8.96. The van der Waals surface area contributed by atoms with Gasteiger partial charge in [-0.1, -0.05) is 0 Å². The summed E-state index contributed by atoms with van der Waals surface area (Å²) in [4.78, 5) is 5.70. The lowest BCUT2D eigenvalue weighted by Crippen LogP contribution is -2.27. The van der Waals surface area contributed by atoms with Gasteiger partial charge in [0.1, 0.15) is 0 Å². The van der Waals surface area contributed by atoms with Gasteiger partial charge in [0.05, 0.1) is 6.04 Å². The van der Waals surface area contributed by atoms with E-state index >= 15 is 0 Å². The van der Waals surface area contributed by atoms with Gasteiger partial charge in [0.15, 0.2) is 4.77 Å². The van der Waals surface area contributed by atoms with E-state index in [-0.39, 0.29) is 0 Å². The number of fused-ring (bicyclic) bond motifs is 1. The number of nitrogens with one attached hydrogen (secondary N) is 1. The van der Waals surface area contributed by atoms with E-state index in [1.54, 1.807) is 0 Å². The second kappa shape index (κ2) is 3.21. The molecule has 2 aliphatic rings. The van der Waals surface area contributed by atoms with E-state index in [9.17, 15) is 0 Å². The van der Waals surface area contributed by atoms with Gasteiger partial charge in [-0.2, -0.15) is 0 Å². The van der Waals surface area contributed by atoms with Crippen molar-refractivity contribution < 1.29 is 0 Å². The zero-order valence-electron chi connectivity index (χ0n) is 8.15. The van der Waals surface area contributed by atoms with Crippen LogP contribution in [0.25, 0.3) is 0 Å². The molecule has 3 heterocycles. The molecule has 0 aromatic carbocycles. The van der Waals surface area contributed by atoms with Gasteiger partial charge in [0, 0.05) is 25.0 Å². The largest absolute Gasteiger partial charge is 0.337 e. The lowest BCUT2D eigenvalue weighted by Gasteiger charge is -2.21. The summed E-state index contributed by atoms with van der Waals surface area (Å²) in [6, 6.07) is 1.37. The molecule has 2 aliphatic heterocycles. The predicted molar refractivity (Wildman–Crippen MR) is 57.9 cm³/mol. The maximum Gasteiger partial charge on any atom is 0.177 e. The molecule has 3 nitrogen and oxygen atoms in total. The minimum Gasteiger partial charge on any atom is -0.337 e. The zero-order chi connectivity index (χ0) is 9.54. The summed E-state index contributed by atoms with van der Waals surface area (Å²) in [5.74, 6) is 0. The molecule has 0 amide bonds. The van der Waals surface area contributed by atoms with Crippen LogP contribution >= 0.6 is 12.2 Å². The summed E-state index contributed by atoms with van der Waals surface area (Å²) >= 11 is 5.27. The molecular formula is C10H15N3S. The molecule has 0 saturated carbocycles. The Morgan fingerprint density at radius 3 is 3.00 bits per heavy atom. The normalized spacial score (nSPS) is 32.3. The fraction of sp³-hybridized carbons (Fsp3) is 0.700. The summed E-state index contributed by atoms with van der Waals surface area (Å²) in [6.07, 6.45) is 8.00. The summed E-state index contributed by atoms with van der Waals surface area (Å²) in [6.45, 7) is 2.54. The Morgan fingerprint density at radius 1 is 1.29 bits per heavy atom. The van der Waals surface area contributed by atoms with Crippen LogP contribution in [0.1, 0.15) is 25.3 Å². The lowest BCUT2D eigenvalue weighted by atomic mass is 10.1. The van der Waals surface area contributed by atoms with Crippen LogP contribution in [0.5, 0.6) is 0 Å². The Morgan fingerprint density at radius 2 is 2.21 bits per heavy atom. The minimum absolute atomic E-state index is 0.622. The maximum absolute atomic E-state index is 5.27. The molecule has 0 spiro atoms. The van der Waals surface area contributed by atoms with Gasteiger partial charge in [0.2, 0.25) is 0 Å². The van der Waals surface area contributed by atoms with E-state index in [1.807, 2.05) is 6.20 Å². The number of rotatable bonds is 1. The van der Waals surface area contributed by atoms with Crippen molar-refractivity contribution in [3.63, 3.8) is 0 Å². The SMILES string of the molecule is S=c1[nH]ccn1C1CCN2CCCC12. The number of nitrogens with zero attached hydrogens (tertiary/aromatic N) is 2. The molecule has 2 fully saturated rings. The van der Waals surface area contributed by atoms with Gasteiger partial charge in [0.25, 0.3) is 0 Å². The van der Waals surface area contributed by atoms with Gasteiger partial charge < -0.3 is 9.55 Å². The average Bonchev–Trinajstić information content (AvgIpc) is 2.78. The second-order valence-corrected chi connectivity index (χ2v) is 4.66. The van der Waals surface area contributed by atoms with E-state index in [0.29, 0.717) is 6.04 Å². The molecule has 0 radical (unpaired) electrons. The van der Waals surface area contributed by atoms with E-state index in [1.165, 1.54) is 32.4 Å². The van der Waals surface area contributed by atoms with Crippen molar-refractivity contribution in [2.24, 2.45) is 0 Å². The standard InChI is InChI=1S/C10H15N3S/c14-10-11-4-7-13(10)9-3-6-12-5-1-2-8(9)12/h4,7-9H,1-3,5-6H2,(H,11,14). The lowest BCUT2D eigenvalue weighted by molar-refractivity contribution is 0.289. The molecule has 3 rings (SSSR count). The summed E-state index contributed by atoms with van der Waals surface area (Å²) < 4.78 is 3.12. The predicted octanol–water partition coefficient (Wildman–Crippen LogP) is 1.95. The van der Waals surface area contributed by atoms with E-state index in [2.05, 4.69) is 20.6 Å². The Bertz CT molecular complexity index is 381. The molecule has 14 heavy (non-hydrogen) atoms. The van der Waals surface area contributed by atoms with Gasteiger partial charge in [-0.15, -0.1) is 0 Å². The molecule has 0 bridgehead atoms. The van der Waals surface area contributed by atoms with E-state index in [4.69, 9.17) is 12.2 Å². The topological polar surface area (TPSA) is 24.0 Å². The Balaban J connectivity index is 1.93. The van der Waals surface area contributed by atoms with Crippen molar-refractivity contribution in [2.75, 3.05) is 13.1 Å². The Kier molecular flexibility index (Phi) is 1.99. The van der Waals surface area contributed by atoms with Crippen LogP contribution in [-0.4, -0.2) is 33.6 Å². The fourth-order valence-corrected chi connectivity index (χ4v) is 3.24. The number of H-pyrrole nitrogens is 1. The molecule has 2 atom stereocenters. The van der Waals surface area contributed by atoms with Crippen LogP contribution in [0.2, 0.25) is 0 Å². The van der Waals surface area contributed by atoms with Crippen molar-refractivity contribution in [1.82, 2.24) is 14.5 Å². The first-order chi connectivity index (χ1) is 6.86. The van der Waals surface area contributed by atoms with Crippen LogP contribution in [0.4, 0.5) is 0 Å². The van der Waals surface area contributed by atoms with Gasteiger partial charge in [-0.05, 0) is 38.0 Å². The molecule has 1 N–H and O–H groups in total. The Labute approximate surface area is 88.7 Å². The monoisotopic (exact) mass is 209 g/mol. The number of imidazole rings is 1. The highest BCUT2D eigenvalue weighted by molar-refractivity contribution is 7.71. The molecule has 76 valence electrons. The molecule has 2 saturated heterocycles. The van der Waals surface area contributed by atoms with E-state index < -0.39 is 0 Å². The van der Waals surface area contributed by atoms with Crippen LogP contribution in [0.3, 0.4) is 0 Å². The van der Waals surface area contributed by atoms with Gasteiger partial charge >= 0.3 is 0 Å². The smallest absolute Gasteiger partial charge is 0.177 e. The highest BCUT2D eigenvalue weighted by Gasteiger charge is 2.37. The molecule has 1 aromatic heterocycles. The number of aromatic amines is 1. The Hall–Kier alpha value is -0.610. The maximum atomic E-state index is 5.27. The third kappa shape index (κ3) is 1.17. The quantitative estimate of drug-likeness (QED) is 0.715. The third-order valence-corrected chi connectivity index (χ3v) is 3.93. The second-order valence-electron chi connectivity index (χ2n) is 4.27. The third-order valence-electron chi connectivity index (χ3n) is 3.60. The first-order valence-corrected chi connectivity index (χ1v) is 5.76. The van der Waals surface area contributed by atoms with Crippen LogP contribution < -0.4 is 0 Å². The molecule has 1 aromatic rings. The highest BCUT2D eigenvalue weighted by atomic mass is 32.1. The summed E-state index contributed by atoms with van der Waals surface area (Å²) in [7, 11) is 0. The van der Waals surface area contributed by atoms with Crippen LogP contribution in [0, 0.1) is 4.77 Å². The number of aromatic nitrogens is 2. The molecule has 2 unspecified atom stereocenters. The minimum atomic E-state index is 0.622. The summed E-state index contributed by atoms with van der Waals surface area (Å²) in [5, 5.41) is 0. The number of hydrogen-bond acceptors (Lipinski definition) is 2. The fourth-order valence-electron chi connectivity index (χ4n) is 2.97. The highest BCUT2D eigenvalue weighted by Crippen LogP contribution is 2.35. The molecule has 0 aliphatic carbocycles.